The molecule has 44 heavy (non-hydrogen) atoms. The second-order valence-corrected chi connectivity index (χ2v) is 15.5. The molecule has 5 rings (SSSR count). The van der Waals surface area contributed by atoms with Crippen LogP contribution >= 0.6 is 0 Å². The van der Waals surface area contributed by atoms with Crippen LogP contribution < -0.4 is 5.32 Å². The summed E-state index contributed by atoms with van der Waals surface area (Å²) in [5.41, 5.74) is -2.89. The molecule has 0 radical (unpaired) electrons. The number of carbonyl (C=O) groups excluding carboxylic acids is 4. The lowest BCUT2D eigenvalue weighted by Gasteiger charge is -2.65. The molecule has 0 aromatic carbocycles. The maximum atomic E-state index is 14.4. The standard InChI is InChI=1S/C34H43F3N2O5/c1-19(40)44-18-32(6)24-8-9-30(4)21-7-10-33(28(43)39-17-34(35,36)37)12-11-29(2,3)15-22(33)26(21)23(41)13-25(30)31(24,5)14-20(16-38)27(32)42/h13-14,21-22,24,26H,7-12,15,17-18H2,1-6H3,(H,39,43)/t21?,22?,24?,26?,30-,31-,32-,33+/m0/s1. The Hall–Kier alpha value is -2.96. The third-order valence-electron chi connectivity index (χ3n) is 12.4. The second kappa shape index (κ2) is 10.3. The van der Waals surface area contributed by atoms with Crippen LogP contribution in [0.25, 0.3) is 0 Å². The highest BCUT2D eigenvalue weighted by Gasteiger charge is 2.67. The lowest BCUT2D eigenvalue weighted by Crippen LogP contribution is -2.63. The number of carbonyl (C=O) groups is 4. The van der Waals surface area contributed by atoms with Gasteiger partial charge in [-0.15, -0.1) is 0 Å². The molecule has 0 saturated heterocycles. The minimum absolute atomic E-state index is 0.0175. The molecule has 4 unspecified atom stereocenters. The first-order valence-corrected chi connectivity index (χ1v) is 15.7. The summed E-state index contributed by atoms with van der Waals surface area (Å²) in [7, 11) is 0. The van der Waals surface area contributed by atoms with Gasteiger partial charge in [0.1, 0.15) is 19.2 Å². The van der Waals surface area contributed by atoms with Crippen molar-refractivity contribution in [2.75, 3.05) is 13.2 Å². The van der Waals surface area contributed by atoms with E-state index in [1.54, 1.807) is 19.1 Å². The van der Waals surface area contributed by atoms with Crippen molar-refractivity contribution in [1.82, 2.24) is 5.32 Å². The van der Waals surface area contributed by atoms with Crippen molar-refractivity contribution in [3.8, 4) is 6.07 Å². The van der Waals surface area contributed by atoms with Crippen LogP contribution in [0.3, 0.4) is 0 Å². The van der Waals surface area contributed by atoms with Gasteiger partial charge in [-0.05, 0) is 86.5 Å². The number of hydrogen-bond donors (Lipinski definition) is 1. The number of rotatable bonds is 4. The van der Waals surface area contributed by atoms with Gasteiger partial charge in [0, 0.05) is 18.3 Å². The second-order valence-electron chi connectivity index (χ2n) is 15.5. The lowest BCUT2D eigenvalue weighted by atomic mass is 9.38. The smallest absolute Gasteiger partial charge is 0.405 e. The van der Waals surface area contributed by atoms with E-state index >= 15 is 0 Å². The fraction of sp³-hybridized carbons (Fsp3) is 0.735. The normalized spacial score (nSPS) is 41.0. The summed E-state index contributed by atoms with van der Waals surface area (Å²) in [5.74, 6) is -3.03. The molecular formula is C34H43F3N2O5. The molecule has 3 saturated carbocycles. The Labute approximate surface area is 257 Å². The van der Waals surface area contributed by atoms with E-state index in [1.807, 2.05) is 6.92 Å². The largest absolute Gasteiger partial charge is 0.465 e. The molecule has 1 N–H and O–H groups in total. The summed E-state index contributed by atoms with van der Waals surface area (Å²) in [4.78, 5) is 53.4. The number of ether oxygens (including phenoxy) is 1. The molecule has 10 heteroatoms. The number of hydrogen-bond acceptors (Lipinski definition) is 6. The number of alkyl halides is 3. The zero-order valence-electron chi connectivity index (χ0n) is 26.5. The minimum Gasteiger partial charge on any atom is -0.465 e. The van der Waals surface area contributed by atoms with Crippen molar-refractivity contribution in [1.29, 1.82) is 5.26 Å². The number of ketones is 2. The molecule has 5 aliphatic rings. The number of amides is 1. The van der Waals surface area contributed by atoms with Crippen molar-refractivity contribution in [2.24, 2.45) is 50.7 Å². The van der Waals surface area contributed by atoms with Gasteiger partial charge in [0.25, 0.3) is 0 Å². The quantitative estimate of drug-likeness (QED) is 0.386. The van der Waals surface area contributed by atoms with E-state index in [0.29, 0.717) is 44.9 Å². The van der Waals surface area contributed by atoms with Gasteiger partial charge >= 0.3 is 12.1 Å². The first kappa shape index (κ1) is 32.4. The molecule has 0 aromatic heterocycles. The van der Waals surface area contributed by atoms with Crippen molar-refractivity contribution >= 4 is 23.4 Å². The molecule has 1 amide bonds. The van der Waals surface area contributed by atoms with Crippen molar-refractivity contribution in [2.45, 2.75) is 92.7 Å². The van der Waals surface area contributed by atoms with Crippen LogP contribution in [0, 0.1) is 62.1 Å². The number of allylic oxidation sites excluding steroid dienone is 4. The Kier molecular flexibility index (Phi) is 7.58. The summed E-state index contributed by atoms with van der Waals surface area (Å²) in [6.45, 7) is 9.72. The average Bonchev–Trinajstić information content (AvgIpc) is 2.92. The summed E-state index contributed by atoms with van der Waals surface area (Å²) in [6, 6.07) is 2.05. The topological polar surface area (TPSA) is 113 Å². The molecule has 0 heterocycles. The monoisotopic (exact) mass is 616 g/mol. The number of nitrogens with zero attached hydrogens (tertiary/aromatic N) is 1. The molecule has 240 valence electrons. The predicted octanol–water partition coefficient (Wildman–Crippen LogP) is 6.04. The first-order chi connectivity index (χ1) is 20.2. The number of nitrogens with one attached hydrogen (secondary N) is 1. The maximum absolute atomic E-state index is 14.4. The molecule has 8 atom stereocenters. The van der Waals surface area contributed by atoms with Crippen LogP contribution in [0.15, 0.2) is 23.3 Å². The Morgan fingerprint density at radius 2 is 1.73 bits per heavy atom. The maximum Gasteiger partial charge on any atom is 0.405 e. The van der Waals surface area contributed by atoms with Gasteiger partial charge in [-0.2, -0.15) is 18.4 Å². The third kappa shape index (κ3) is 4.84. The van der Waals surface area contributed by atoms with Crippen molar-refractivity contribution < 1.29 is 37.1 Å². The molecule has 3 fully saturated rings. The van der Waals surface area contributed by atoms with E-state index in [9.17, 15) is 37.6 Å². The summed E-state index contributed by atoms with van der Waals surface area (Å²) in [5, 5.41) is 12.2. The Balaban J connectivity index is 1.59. The van der Waals surface area contributed by atoms with Crippen LogP contribution in [0.1, 0.15) is 86.5 Å². The SMILES string of the molecule is CC(=O)OC[C@]1(C)C(=O)C(C#N)=C[C@]2(C)C3=CC(=O)C4C5CC(C)(C)CC[C@]5(C(=O)NCC(F)(F)F)CCC4[C@]3(C)CCC21. The number of fused-ring (bicyclic) bond motifs is 7. The first-order valence-electron chi connectivity index (χ1n) is 15.7. The highest BCUT2D eigenvalue weighted by atomic mass is 19.4. The number of esters is 1. The molecule has 0 aliphatic heterocycles. The minimum atomic E-state index is -4.53. The predicted molar refractivity (Wildman–Crippen MR) is 154 cm³/mol. The van der Waals surface area contributed by atoms with Crippen LogP contribution in [0.5, 0.6) is 0 Å². The van der Waals surface area contributed by atoms with Crippen LogP contribution in [-0.2, 0) is 23.9 Å². The number of Topliss-reactive ketones (excluding diaryl/α,β-unsaturated/α-hetero) is 1. The molecule has 5 aliphatic carbocycles. The Bertz CT molecular complexity index is 1410. The van der Waals surface area contributed by atoms with Gasteiger partial charge < -0.3 is 10.1 Å². The fourth-order valence-electron chi connectivity index (χ4n) is 10.3. The van der Waals surface area contributed by atoms with Gasteiger partial charge in [-0.3, -0.25) is 19.2 Å². The number of nitriles is 1. The van der Waals surface area contributed by atoms with Gasteiger partial charge in [0.15, 0.2) is 11.6 Å². The summed E-state index contributed by atoms with van der Waals surface area (Å²) in [6.07, 6.45) is 2.67. The van der Waals surface area contributed by atoms with Crippen molar-refractivity contribution in [3.05, 3.63) is 23.3 Å². The van der Waals surface area contributed by atoms with Crippen molar-refractivity contribution in [3.63, 3.8) is 0 Å². The van der Waals surface area contributed by atoms with E-state index in [4.69, 9.17) is 4.74 Å². The van der Waals surface area contributed by atoms with Crippen LogP contribution in [0.2, 0.25) is 0 Å². The summed E-state index contributed by atoms with van der Waals surface area (Å²) >= 11 is 0. The van der Waals surface area contributed by atoms with Gasteiger partial charge in [0.2, 0.25) is 5.91 Å². The fourth-order valence-corrected chi connectivity index (χ4v) is 10.3. The van der Waals surface area contributed by atoms with Gasteiger partial charge in [-0.1, -0.05) is 39.3 Å². The lowest BCUT2D eigenvalue weighted by molar-refractivity contribution is -0.167. The molecule has 0 spiro atoms. The van der Waals surface area contributed by atoms with E-state index in [-0.39, 0.29) is 41.0 Å². The summed E-state index contributed by atoms with van der Waals surface area (Å²) < 4.78 is 44.8. The Morgan fingerprint density at radius 1 is 1.05 bits per heavy atom. The van der Waals surface area contributed by atoms with E-state index in [2.05, 4.69) is 32.2 Å². The van der Waals surface area contributed by atoms with E-state index in [0.717, 1.165) is 5.57 Å². The van der Waals surface area contributed by atoms with Crippen LogP contribution in [0.4, 0.5) is 13.2 Å². The molecular weight excluding hydrogens is 573 g/mol. The van der Waals surface area contributed by atoms with E-state index in [1.165, 1.54) is 6.92 Å². The zero-order chi connectivity index (χ0) is 32.7. The van der Waals surface area contributed by atoms with Crippen LogP contribution in [-0.4, -0.2) is 42.8 Å². The Morgan fingerprint density at radius 3 is 2.34 bits per heavy atom. The number of halogens is 3. The zero-order valence-corrected chi connectivity index (χ0v) is 26.5. The highest BCUT2D eigenvalue weighted by Crippen LogP contribution is 2.70. The third-order valence-corrected chi connectivity index (χ3v) is 12.4. The van der Waals surface area contributed by atoms with E-state index < -0.39 is 58.1 Å². The average molecular weight is 617 g/mol. The molecule has 7 nitrogen and oxygen atoms in total. The molecule has 0 bridgehead atoms. The highest BCUT2D eigenvalue weighted by molar-refractivity contribution is 6.05. The van der Waals surface area contributed by atoms with Gasteiger partial charge in [0.05, 0.1) is 16.4 Å². The molecule has 0 aromatic rings. The van der Waals surface area contributed by atoms with Gasteiger partial charge in [-0.25, -0.2) is 0 Å².